The highest BCUT2D eigenvalue weighted by atomic mass is 32.1. The number of imidazole rings is 1. The van der Waals surface area contributed by atoms with Crippen LogP contribution >= 0.6 is 11.3 Å². The molecule has 3 heterocycles. The molecule has 10 heteroatoms. The largest absolute Gasteiger partial charge is 0.381 e. The number of thiazole rings is 1. The zero-order chi connectivity index (χ0) is 17.8. The van der Waals surface area contributed by atoms with Crippen molar-refractivity contribution in [2.24, 2.45) is 0 Å². The van der Waals surface area contributed by atoms with Crippen molar-refractivity contribution in [3.8, 4) is 0 Å². The Morgan fingerprint density at radius 3 is 2.96 bits per heavy atom. The number of hydrogen-bond donors (Lipinski definition) is 2. The van der Waals surface area contributed by atoms with Gasteiger partial charge in [-0.3, -0.25) is 4.79 Å². The molecule has 2 aromatic heterocycles. The van der Waals surface area contributed by atoms with Crippen molar-refractivity contribution in [1.82, 2.24) is 19.9 Å². The predicted molar refractivity (Wildman–Crippen MR) is 93.8 cm³/mol. The lowest BCUT2D eigenvalue weighted by Gasteiger charge is -2.20. The van der Waals surface area contributed by atoms with Crippen LogP contribution in [0.5, 0.6) is 0 Å². The standard InChI is InChI=1S/C15H20N6O3S/c1-10-18-13(21(23)24)9-20(10)7-4-14(22)19-15-17-8-12(25-15)11-2-5-16-6-3-11/h8-9,11,16H,2-7H2,1H3,(H,17,19,22). The number of anilines is 1. The van der Waals surface area contributed by atoms with Crippen LogP contribution in [0.1, 0.15) is 35.9 Å². The smallest absolute Gasteiger partial charge is 0.358 e. The van der Waals surface area contributed by atoms with Crippen molar-refractivity contribution in [3.63, 3.8) is 0 Å². The topological polar surface area (TPSA) is 115 Å². The van der Waals surface area contributed by atoms with Crippen molar-refractivity contribution in [3.05, 3.63) is 33.2 Å². The molecule has 0 saturated carbocycles. The van der Waals surface area contributed by atoms with Crippen LogP contribution in [0, 0.1) is 17.0 Å². The molecule has 0 atom stereocenters. The number of carbonyl (C=O) groups excluding carboxylic acids is 1. The van der Waals surface area contributed by atoms with Crippen molar-refractivity contribution in [1.29, 1.82) is 0 Å². The quantitative estimate of drug-likeness (QED) is 0.599. The fraction of sp³-hybridized carbons (Fsp3) is 0.533. The van der Waals surface area contributed by atoms with Crippen LogP contribution in [0.2, 0.25) is 0 Å². The van der Waals surface area contributed by atoms with Gasteiger partial charge in [-0.05, 0) is 41.8 Å². The lowest BCUT2D eigenvalue weighted by molar-refractivity contribution is -0.389. The highest BCUT2D eigenvalue weighted by molar-refractivity contribution is 7.15. The summed E-state index contributed by atoms with van der Waals surface area (Å²) in [4.78, 5) is 31.6. The first-order valence-electron chi connectivity index (χ1n) is 8.17. The van der Waals surface area contributed by atoms with Crippen LogP contribution in [0.15, 0.2) is 12.4 Å². The van der Waals surface area contributed by atoms with E-state index in [-0.39, 0.29) is 18.1 Å². The molecule has 2 N–H and O–H groups in total. The Kier molecular flexibility index (Phi) is 5.39. The third kappa shape index (κ3) is 4.40. The average Bonchev–Trinajstić information content (AvgIpc) is 3.21. The first kappa shape index (κ1) is 17.5. The van der Waals surface area contributed by atoms with Gasteiger partial charge in [-0.1, -0.05) is 0 Å². The van der Waals surface area contributed by atoms with E-state index in [2.05, 4.69) is 20.6 Å². The van der Waals surface area contributed by atoms with E-state index >= 15 is 0 Å². The molecular weight excluding hydrogens is 344 g/mol. The lowest BCUT2D eigenvalue weighted by Crippen LogP contribution is -2.26. The van der Waals surface area contributed by atoms with Gasteiger partial charge in [0, 0.05) is 31.0 Å². The monoisotopic (exact) mass is 364 g/mol. The van der Waals surface area contributed by atoms with E-state index in [1.807, 2.05) is 6.20 Å². The fourth-order valence-electron chi connectivity index (χ4n) is 2.85. The summed E-state index contributed by atoms with van der Waals surface area (Å²) >= 11 is 1.52. The summed E-state index contributed by atoms with van der Waals surface area (Å²) in [7, 11) is 0. The van der Waals surface area contributed by atoms with E-state index in [4.69, 9.17) is 0 Å². The number of hydrogen-bond acceptors (Lipinski definition) is 7. The van der Waals surface area contributed by atoms with Gasteiger partial charge >= 0.3 is 5.82 Å². The summed E-state index contributed by atoms with van der Waals surface area (Å²) in [5, 5.41) is 17.5. The van der Waals surface area contributed by atoms with E-state index in [1.165, 1.54) is 22.4 Å². The molecule has 1 fully saturated rings. The summed E-state index contributed by atoms with van der Waals surface area (Å²) in [6.07, 6.45) is 5.58. The van der Waals surface area contributed by atoms with Crippen LogP contribution in [0.4, 0.5) is 10.9 Å². The minimum atomic E-state index is -0.540. The maximum absolute atomic E-state index is 12.1. The molecule has 0 unspecified atom stereocenters. The number of amides is 1. The molecular formula is C15H20N6O3S. The normalized spacial score (nSPS) is 15.2. The summed E-state index contributed by atoms with van der Waals surface area (Å²) in [6, 6.07) is 0. The van der Waals surface area contributed by atoms with Gasteiger partial charge in [0.05, 0.1) is 0 Å². The minimum Gasteiger partial charge on any atom is -0.358 e. The van der Waals surface area contributed by atoms with Crippen molar-refractivity contribution >= 4 is 28.2 Å². The Morgan fingerprint density at radius 1 is 1.52 bits per heavy atom. The highest BCUT2D eigenvalue weighted by Gasteiger charge is 2.19. The van der Waals surface area contributed by atoms with Gasteiger partial charge in [-0.25, -0.2) is 4.98 Å². The second-order valence-corrected chi connectivity index (χ2v) is 7.05. The van der Waals surface area contributed by atoms with E-state index < -0.39 is 4.92 Å². The van der Waals surface area contributed by atoms with E-state index in [0.717, 1.165) is 25.9 Å². The number of nitro groups is 1. The number of rotatable bonds is 6. The number of piperidine rings is 1. The maximum Gasteiger partial charge on any atom is 0.381 e. The van der Waals surface area contributed by atoms with E-state index in [1.54, 1.807) is 11.5 Å². The molecule has 0 aromatic carbocycles. The Balaban J connectivity index is 1.52. The second kappa shape index (κ2) is 7.70. The number of carbonyl (C=O) groups is 1. The Bertz CT molecular complexity index is 765. The average molecular weight is 364 g/mol. The van der Waals surface area contributed by atoms with Gasteiger partial charge < -0.3 is 25.3 Å². The molecule has 0 bridgehead atoms. The Labute approximate surface area is 148 Å². The first-order valence-corrected chi connectivity index (χ1v) is 8.99. The molecule has 0 aliphatic carbocycles. The van der Waals surface area contributed by atoms with Crippen LogP contribution in [0.3, 0.4) is 0 Å². The van der Waals surface area contributed by atoms with E-state index in [9.17, 15) is 14.9 Å². The molecule has 3 rings (SSSR count). The summed E-state index contributed by atoms with van der Waals surface area (Å²) in [5.41, 5.74) is 0. The predicted octanol–water partition coefficient (Wildman–Crippen LogP) is 2.05. The molecule has 1 aliphatic heterocycles. The van der Waals surface area contributed by atoms with Crippen molar-refractivity contribution in [2.75, 3.05) is 18.4 Å². The van der Waals surface area contributed by atoms with E-state index in [0.29, 0.717) is 23.4 Å². The zero-order valence-corrected chi connectivity index (χ0v) is 14.7. The highest BCUT2D eigenvalue weighted by Crippen LogP contribution is 2.31. The molecule has 25 heavy (non-hydrogen) atoms. The van der Waals surface area contributed by atoms with Crippen LogP contribution < -0.4 is 10.6 Å². The van der Waals surface area contributed by atoms with Gasteiger partial charge in [0.2, 0.25) is 11.7 Å². The number of aromatic nitrogens is 3. The fourth-order valence-corrected chi connectivity index (χ4v) is 3.85. The molecule has 1 saturated heterocycles. The first-order chi connectivity index (χ1) is 12.0. The second-order valence-electron chi connectivity index (χ2n) is 5.99. The van der Waals surface area contributed by atoms with Crippen LogP contribution in [-0.2, 0) is 11.3 Å². The molecule has 1 aliphatic rings. The SMILES string of the molecule is Cc1nc([N+](=O)[O-])cn1CCC(=O)Nc1ncc(C2CCNCC2)s1. The summed E-state index contributed by atoms with van der Waals surface area (Å²) < 4.78 is 1.61. The lowest BCUT2D eigenvalue weighted by atomic mass is 9.97. The molecule has 2 aromatic rings. The Morgan fingerprint density at radius 2 is 2.28 bits per heavy atom. The summed E-state index contributed by atoms with van der Waals surface area (Å²) in [5.74, 6) is 0.659. The molecule has 134 valence electrons. The van der Waals surface area contributed by atoms with Crippen molar-refractivity contribution < 1.29 is 9.72 Å². The molecule has 0 spiro atoms. The Hall–Kier alpha value is -2.33. The van der Waals surface area contributed by atoms with Gasteiger partial charge in [0.15, 0.2) is 5.13 Å². The zero-order valence-electron chi connectivity index (χ0n) is 13.9. The van der Waals surface area contributed by atoms with Gasteiger partial charge in [0.25, 0.3) is 0 Å². The van der Waals surface area contributed by atoms with Crippen LogP contribution in [-0.4, -0.2) is 38.5 Å². The number of aryl methyl sites for hydroxylation is 2. The number of nitrogens with one attached hydrogen (secondary N) is 2. The number of nitrogens with zero attached hydrogens (tertiary/aromatic N) is 4. The molecule has 0 radical (unpaired) electrons. The molecule has 1 amide bonds. The third-order valence-corrected chi connectivity index (χ3v) is 5.32. The maximum atomic E-state index is 12.1. The van der Waals surface area contributed by atoms with Gasteiger partial charge in [-0.15, -0.1) is 11.3 Å². The van der Waals surface area contributed by atoms with Gasteiger partial charge in [-0.2, -0.15) is 0 Å². The van der Waals surface area contributed by atoms with Gasteiger partial charge in [0.1, 0.15) is 6.20 Å². The van der Waals surface area contributed by atoms with Crippen LogP contribution in [0.25, 0.3) is 0 Å². The molecule has 9 nitrogen and oxygen atoms in total. The summed E-state index contributed by atoms with van der Waals surface area (Å²) in [6.45, 7) is 4.05. The minimum absolute atomic E-state index is 0.165. The third-order valence-electron chi connectivity index (χ3n) is 4.24. The van der Waals surface area contributed by atoms with Crippen molar-refractivity contribution in [2.45, 2.75) is 38.6 Å².